The molecule has 0 aromatic heterocycles. The Morgan fingerprint density at radius 3 is 2.40 bits per heavy atom. The minimum atomic E-state index is -0.668. The smallest absolute Gasteiger partial charge is 0.344 e. The third-order valence-electron chi connectivity index (χ3n) is 3.09. The molecule has 0 bridgehead atoms. The zero-order chi connectivity index (χ0) is 18.4. The molecule has 0 saturated carbocycles. The first-order valence-corrected chi connectivity index (χ1v) is 8.28. The van der Waals surface area contributed by atoms with Gasteiger partial charge in [-0.05, 0) is 30.7 Å². The largest absolute Gasteiger partial charge is 0.482 e. The van der Waals surface area contributed by atoms with Gasteiger partial charge in [-0.3, -0.25) is 4.79 Å². The first-order valence-electron chi connectivity index (χ1n) is 7.15. The standard InChI is InChI=1S/C17H14Cl3NO4/c1-10-4-2-3-5-15(10)24-9-17(23)25-8-16(22)21-14-7-12(19)11(18)6-13(14)20/h2-7H,8-9H2,1H3,(H,21,22). The summed E-state index contributed by atoms with van der Waals surface area (Å²) in [5.74, 6) is -0.658. The number of anilines is 1. The SMILES string of the molecule is Cc1ccccc1OCC(=O)OCC(=O)Nc1cc(Cl)c(Cl)cc1Cl. The molecular formula is C17H14Cl3NO4. The summed E-state index contributed by atoms with van der Waals surface area (Å²) in [5, 5.41) is 3.21. The van der Waals surface area contributed by atoms with Crippen molar-refractivity contribution >= 4 is 52.4 Å². The van der Waals surface area contributed by atoms with E-state index in [1.54, 1.807) is 12.1 Å². The lowest BCUT2D eigenvalue weighted by atomic mass is 10.2. The number of benzene rings is 2. The van der Waals surface area contributed by atoms with Gasteiger partial charge in [0.2, 0.25) is 0 Å². The van der Waals surface area contributed by atoms with Crippen LogP contribution in [0.5, 0.6) is 5.75 Å². The molecule has 132 valence electrons. The predicted octanol–water partition coefficient (Wildman–Crippen LogP) is 4.52. The summed E-state index contributed by atoms with van der Waals surface area (Å²) in [6.07, 6.45) is 0. The van der Waals surface area contributed by atoms with E-state index in [2.05, 4.69) is 5.32 Å². The van der Waals surface area contributed by atoms with E-state index in [-0.39, 0.29) is 27.4 Å². The van der Waals surface area contributed by atoms with Crippen molar-refractivity contribution in [1.29, 1.82) is 0 Å². The van der Waals surface area contributed by atoms with Crippen molar-refractivity contribution in [2.45, 2.75) is 6.92 Å². The normalized spacial score (nSPS) is 10.2. The number of carbonyl (C=O) groups is 2. The van der Waals surface area contributed by atoms with Crippen molar-refractivity contribution in [3.63, 3.8) is 0 Å². The Kier molecular flexibility index (Phi) is 6.93. The average molecular weight is 403 g/mol. The van der Waals surface area contributed by atoms with E-state index in [1.165, 1.54) is 12.1 Å². The minimum Gasteiger partial charge on any atom is -0.482 e. The number of para-hydroxylation sites is 1. The van der Waals surface area contributed by atoms with Gasteiger partial charge in [-0.25, -0.2) is 4.79 Å². The van der Waals surface area contributed by atoms with Crippen LogP contribution < -0.4 is 10.1 Å². The minimum absolute atomic E-state index is 0.219. The molecular weight excluding hydrogens is 389 g/mol. The van der Waals surface area contributed by atoms with E-state index in [0.717, 1.165) is 5.56 Å². The van der Waals surface area contributed by atoms with Crippen LogP contribution in [0.4, 0.5) is 5.69 Å². The van der Waals surface area contributed by atoms with Crippen molar-refractivity contribution in [3.8, 4) is 5.75 Å². The number of halogens is 3. The maximum absolute atomic E-state index is 11.8. The monoisotopic (exact) mass is 401 g/mol. The fraction of sp³-hybridized carbons (Fsp3) is 0.176. The molecule has 0 aliphatic heterocycles. The lowest BCUT2D eigenvalue weighted by molar-refractivity contribution is -0.149. The maximum atomic E-state index is 11.8. The molecule has 0 saturated heterocycles. The molecule has 1 amide bonds. The van der Waals surface area contributed by atoms with Crippen LogP contribution in [0.1, 0.15) is 5.56 Å². The van der Waals surface area contributed by atoms with E-state index < -0.39 is 18.5 Å². The third kappa shape index (κ3) is 5.81. The van der Waals surface area contributed by atoms with E-state index in [4.69, 9.17) is 44.3 Å². The average Bonchev–Trinajstić information content (AvgIpc) is 2.57. The van der Waals surface area contributed by atoms with Crippen LogP contribution in [0.25, 0.3) is 0 Å². The van der Waals surface area contributed by atoms with Crippen LogP contribution in [-0.4, -0.2) is 25.1 Å². The number of rotatable bonds is 6. The summed E-state index contributed by atoms with van der Waals surface area (Å²) < 4.78 is 10.2. The van der Waals surface area contributed by atoms with Crippen LogP contribution in [-0.2, 0) is 14.3 Å². The summed E-state index contributed by atoms with van der Waals surface area (Å²) >= 11 is 17.6. The molecule has 25 heavy (non-hydrogen) atoms. The van der Waals surface area contributed by atoms with E-state index in [9.17, 15) is 9.59 Å². The number of nitrogens with one attached hydrogen (secondary N) is 1. The van der Waals surface area contributed by atoms with Gasteiger partial charge in [0.15, 0.2) is 13.2 Å². The second-order valence-electron chi connectivity index (χ2n) is 5.01. The summed E-state index contributed by atoms with van der Waals surface area (Å²) in [4.78, 5) is 23.5. The number of aryl methyl sites for hydroxylation is 1. The highest BCUT2D eigenvalue weighted by Gasteiger charge is 2.12. The number of ether oxygens (including phenoxy) is 2. The highest BCUT2D eigenvalue weighted by atomic mass is 35.5. The fourth-order valence-electron chi connectivity index (χ4n) is 1.85. The van der Waals surface area contributed by atoms with E-state index >= 15 is 0 Å². The Morgan fingerprint density at radius 1 is 1.00 bits per heavy atom. The zero-order valence-electron chi connectivity index (χ0n) is 13.1. The van der Waals surface area contributed by atoms with E-state index in [1.807, 2.05) is 19.1 Å². The zero-order valence-corrected chi connectivity index (χ0v) is 15.4. The molecule has 0 spiro atoms. The van der Waals surface area contributed by atoms with Gasteiger partial charge in [-0.2, -0.15) is 0 Å². The van der Waals surface area contributed by atoms with Gasteiger partial charge in [0, 0.05) is 0 Å². The lowest BCUT2D eigenvalue weighted by Crippen LogP contribution is -2.23. The van der Waals surface area contributed by atoms with Crippen molar-refractivity contribution < 1.29 is 19.1 Å². The van der Waals surface area contributed by atoms with Gasteiger partial charge < -0.3 is 14.8 Å². The van der Waals surface area contributed by atoms with Gasteiger partial charge in [-0.1, -0.05) is 53.0 Å². The molecule has 0 heterocycles. The summed E-state index contributed by atoms with van der Waals surface area (Å²) in [7, 11) is 0. The van der Waals surface area contributed by atoms with Crippen LogP contribution in [0, 0.1) is 6.92 Å². The Morgan fingerprint density at radius 2 is 1.68 bits per heavy atom. The molecule has 0 atom stereocenters. The van der Waals surface area contributed by atoms with Gasteiger partial charge in [0.05, 0.1) is 20.8 Å². The Labute approximate surface area is 159 Å². The predicted molar refractivity (Wildman–Crippen MR) is 97.7 cm³/mol. The highest BCUT2D eigenvalue weighted by molar-refractivity contribution is 6.44. The summed E-state index contributed by atoms with van der Waals surface area (Å²) in [6, 6.07) is 10.1. The van der Waals surface area contributed by atoms with Crippen LogP contribution >= 0.6 is 34.8 Å². The van der Waals surface area contributed by atoms with Crippen molar-refractivity contribution in [2.75, 3.05) is 18.5 Å². The molecule has 1 N–H and O–H groups in total. The highest BCUT2D eigenvalue weighted by Crippen LogP contribution is 2.32. The van der Waals surface area contributed by atoms with Crippen molar-refractivity contribution in [2.24, 2.45) is 0 Å². The van der Waals surface area contributed by atoms with Gasteiger partial charge in [0.25, 0.3) is 5.91 Å². The molecule has 0 aliphatic rings. The Bertz CT molecular complexity index is 795. The second-order valence-corrected chi connectivity index (χ2v) is 6.23. The third-order valence-corrected chi connectivity index (χ3v) is 4.12. The van der Waals surface area contributed by atoms with Gasteiger partial charge in [0.1, 0.15) is 5.75 Å². The molecule has 2 aromatic carbocycles. The second kappa shape index (κ2) is 8.94. The Hall–Kier alpha value is -1.95. The van der Waals surface area contributed by atoms with Crippen LogP contribution in [0.15, 0.2) is 36.4 Å². The van der Waals surface area contributed by atoms with E-state index in [0.29, 0.717) is 5.75 Å². The molecule has 2 rings (SSSR count). The first kappa shape index (κ1) is 19.4. The van der Waals surface area contributed by atoms with Crippen molar-refractivity contribution in [1.82, 2.24) is 0 Å². The summed E-state index contributed by atoms with van der Waals surface area (Å²) in [5.41, 5.74) is 1.16. The molecule has 0 unspecified atom stereocenters. The maximum Gasteiger partial charge on any atom is 0.344 e. The number of esters is 1. The topological polar surface area (TPSA) is 64.6 Å². The number of hydrogen-bond donors (Lipinski definition) is 1. The number of amides is 1. The van der Waals surface area contributed by atoms with Gasteiger partial charge in [-0.15, -0.1) is 0 Å². The Balaban J connectivity index is 1.81. The van der Waals surface area contributed by atoms with Crippen molar-refractivity contribution in [3.05, 3.63) is 57.0 Å². The van der Waals surface area contributed by atoms with Crippen LogP contribution in [0.2, 0.25) is 15.1 Å². The molecule has 0 radical (unpaired) electrons. The number of hydrogen-bond acceptors (Lipinski definition) is 4. The lowest BCUT2D eigenvalue weighted by Gasteiger charge is -2.10. The quantitative estimate of drug-likeness (QED) is 0.570. The van der Waals surface area contributed by atoms with Crippen LogP contribution in [0.3, 0.4) is 0 Å². The number of carbonyl (C=O) groups excluding carboxylic acids is 2. The fourth-order valence-corrected chi connectivity index (χ4v) is 2.44. The molecule has 0 aliphatic carbocycles. The summed E-state index contributed by atoms with van der Waals surface area (Å²) in [6.45, 7) is 1.08. The molecule has 2 aromatic rings. The van der Waals surface area contributed by atoms with Gasteiger partial charge >= 0.3 is 5.97 Å². The first-order chi connectivity index (χ1) is 11.9. The molecule has 8 heteroatoms. The molecule has 5 nitrogen and oxygen atoms in total. The molecule has 0 fully saturated rings.